The molecule has 0 fully saturated rings. The summed E-state index contributed by atoms with van der Waals surface area (Å²) in [4.78, 5) is 2.18. The first kappa shape index (κ1) is 10.8. The van der Waals surface area contributed by atoms with Crippen LogP contribution in [0.5, 0.6) is 0 Å². The second-order valence-electron chi connectivity index (χ2n) is 2.55. The Morgan fingerprint density at radius 1 is 1.42 bits per heavy atom. The van der Waals surface area contributed by atoms with Crippen LogP contribution in [0.4, 0.5) is 0 Å². The second kappa shape index (κ2) is 6.48. The van der Waals surface area contributed by atoms with Crippen LogP contribution >= 0.6 is 0 Å². The minimum absolute atomic E-state index is 0.990. The third kappa shape index (κ3) is 4.56. The van der Waals surface area contributed by atoms with Gasteiger partial charge in [-0.3, -0.25) is 0 Å². The maximum atomic E-state index is 8.34. The van der Waals surface area contributed by atoms with Crippen molar-refractivity contribution >= 4 is 0 Å². The monoisotopic (exact) mass is 164 g/mol. The molecular weight excluding hydrogens is 148 g/mol. The maximum Gasteiger partial charge on any atom is 0.0914 e. The summed E-state index contributed by atoms with van der Waals surface area (Å²) in [6.45, 7) is 8.15. The van der Waals surface area contributed by atoms with Gasteiger partial charge in [0.05, 0.1) is 6.07 Å². The molecule has 0 aromatic carbocycles. The molecule has 0 heterocycles. The molecule has 0 bridgehead atoms. The molecular formula is C10H16N2. The number of allylic oxidation sites excluding steroid dienone is 3. The van der Waals surface area contributed by atoms with Gasteiger partial charge in [-0.2, -0.15) is 5.26 Å². The maximum absolute atomic E-state index is 8.34. The molecule has 0 radical (unpaired) electrons. The van der Waals surface area contributed by atoms with E-state index in [9.17, 15) is 0 Å². The fraction of sp³-hybridized carbons (Fsp3) is 0.500. The van der Waals surface area contributed by atoms with Crippen molar-refractivity contribution in [1.29, 1.82) is 5.26 Å². The molecule has 0 N–H and O–H groups in total. The summed E-state index contributed by atoms with van der Waals surface area (Å²) >= 11 is 0. The van der Waals surface area contributed by atoms with E-state index in [-0.39, 0.29) is 0 Å². The Balaban J connectivity index is 4.05. The highest BCUT2D eigenvalue weighted by molar-refractivity contribution is 5.22. The van der Waals surface area contributed by atoms with Gasteiger partial charge < -0.3 is 4.90 Å². The van der Waals surface area contributed by atoms with Gasteiger partial charge in [0.2, 0.25) is 0 Å². The zero-order valence-corrected chi connectivity index (χ0v) is 8.04. The van der Waals surface area contributed by atoms with Gasteiger partial charge >= 0.3 is 0 Å². The molecule has 0 aromatic heterocycles. The van der Waals surface area contributed by atoms with Gasteiger partial charge in [0.1, 0.15) is 0 Å². The molecule has 0 amide bonds. The van der Waals surface area contributed by atoms with E-state index in [0.29, 0.717) is 0 Å². The van der Waals surface area contributed by atoms with E-state index in [1.165, 1.54) is 0 Å². The van der Waals surface area contributed by atoms with E-state index < -0.39 is 0 Å². The van der Waals surface area contributed by atoms with Crippen LogP contribution in [-0.4, -0.2) is 18.0 Å². The summed E-state index contributed by atoms with van der Waals surface area (Å²) in [7, 11) is 0. The third-order valence-corrected chi connectivity index (χ3v) is 1.65. The zero-order chi connectivity index (χ0) is 9.40. The van der Waals surface area contributed by atoms with Crippen LogP contribution in [0.15, 0.2) is 23.9 Å². The van der Waals surface area contributed by atoms with E-state index >= 15 is 0 Å². The molecule has 66 valence electrons. The van der Waals surface area contributed by atoms with Gasteiger partial charge in [0, 0.05) is 19.2 Å². The van der Waals surface area contributed by atoms with E-state index in [2.05, 4.69) is 18.7 Å². The highest BCUT2D eigenvalue weighted by atomic mass is 15.1. The van der Waals surface area contributed by atoms with Crippen molar-refractivity contribution in [3.05, 3.63) is 23.9 Å². The van der Waals surface area contributed by atoms with Gasteiger partial charge in [0.15, 0.2) is 0 Å². The van der Waals surface area contributed by atoms with Crippen LogP contribution in [0.1, 0.15) is 20.8 Å². The largest absolute Gasteiger partial charge is 0.378 e. The molecule has 0 aliphatic rings. The van der Waals surface area contributed by atoms with E-state index in [4.69, 9.17) is 5.26 Å². The fourth-order valence-electron chi connectivity index (χ4n) is 0.807. The molecule has 0 saturated heterocycles. The Hall–Kier alpha value is -1.23. The average Bonchev–Trinajstić information content (AvgIpc) is 2.07. The number of nitriles is 1. The van der Waals surface area contributed by atoms with Crippen LogP contribution < -0.4 is 0 Å². The Morgan fingerprint density at radius 3 is 2.42 bits per heavy atom. The summed E-state index contributed by atoms with van der Waals surface area (Å²) < 4.78 is 0. The lowest BCUT2D eigenvalue weighted by Gasteiger charge is -2.14. The first-order valence-electron chi connectivity index (χ1n) is 4.23. The molecule has 0 atom stereocenters. The SMILES string of the molecule is CCN(C=CC(C)=CC#N)CC. The standard InChI is InChI=1S/C10H16N2/c1-4-12(5-2)9-7-10(3)6-8-11/h6-7,9H,4-5H2,1-3H3. The average molecular weight is 164 g/mol. The zero-order valence-electron chi connectivity index (χ0n) is 8.04. The van der Waals surface area contributed by atoms with Crippen molar-refractivity contribution in [2.45, 2.75) is 20.8 Å². The minimum atomic E-state index is 0.990. The number of hydrogen-bond acceptors (Lipinski definition) is 2. The predicted octanol–water partition coefficient (Wildman–Crippen LogP) is 2.31. The Kier molecular flexibility index (Phi) is 5.81. The summed E-state index contributed by atoms with van der Waals surface area (Å²) in [6, 6.07) is 2.00. The smallest absolute Gasteiger partial charge is 0.0914 e. The molecule has 0 aromatic rings. The second-order valence-corrected chi connectivity index (χ2v) is 2.55. The summed E-state index contributed by atoms with van der Waals surface area (Å²) in [5.74, 6) is 0. The lowest BCUT2D eigenvalue weighted by atomic mass is 10.3. The molecule has 0 spiro atoms. The highest BCUT2D eigenvalue weighted by Crippen LogP contribution is 1.96. The molecule has 0 aliphatic heterocycles. The molecule has 2 nitrogen and oxygen atoms in total. The molecule has 12 heavy (non-hydrogen) atoms. The molecule has 2 heteroatoms. The summed E-state index contributed by atoms with van der Waals surface area (Å²) in [5.41, 5.74) is 0.990. The Bertz CT molecular complexity index is 204. The van der Waals surface area contributed by atoms with E-state index in [1.807, 2.05) is 25.3 Å². The first-order valence-corrected chi connectivity index (χ1v) is 4.23. The van der Waals surface area contributed by atoms with Crippen molar-refractivity contribution in [2.75, 3.05) is 13.1 Å². The molecule has 0 aliphatic carbocycles. The van der Waals surface area contributed by atoms with Crippen molar-refractivity contribution in [3.8, 4) is 6.07 Å². The van der Waals surface area contributed by atoms with E-state index in [1.54, 1.807) is 6.08 Å². The van der Waals surface area contributed by atoms with Crippen molar-refractivity contribution in [3.63, 3.8) is 0 Å². The first-order chi connectivity index (χ1) is 5.74. The van der Waals surface area contributed by atoms with Crippen LogP contribution in [0.2, 0.25) is 0 Å². The Labute approximate surface area is 74.8 Å². The lowest BCUT2D eigenvalue weighted by molar-refractivity contribution is 0.419. The van der Waals surface area contributed by atoms with Crippen LogP contribution in [0.25, 0.3) is 0 Å². The summed E-state index contributed by atoms with van der Waals surface area (Å²) in [5, 5.41) is 8.34. The molecule has 0 rings (SSSR count). The quantitative estimate of drug-likeness (QED) is 0.471. The van der Waals surface area contributed by atoms with E-state index in [0.717, 1.165) is 18.7 Å². The molecule has 0 saturated carbocycles. The Morgan fingerprint density at radius 2 is 2.00 bits per heavy atom. The van der Waals surface area contributed by atoms with Gasteiger partial charge in [-0.15, -0.1) is 0 Å². The number of rotatable bonds is 4. The van der Waals surface area contributed by atoms with Gasteiger partial charge in [-0.25, -0.2) is 0 Å². The van der Waals surface area contributed by atoms with Crippen molar-refractivity contribution < 1.29 is 0 Å². The summed E-state index contributed by atoms with van der Waals surface area (Å²) in [6.07, 6.45) is 5.51. The van der Waals surface area contributed by atoms with Crippen LogP contribution in [0.3, 0.4) is 0 Å². The minimum Gasteiger partial charge on any atom is -0.378 e. The van der Waals surface area contributed by atoms with Crippen LogP contribution in [0, 0.1) is 11.3 Å². The number of nitrogens with zero attached hydrogens (tertiary/aromatic N) is 2. The third-order valence-electron chi connectivity index (χ3n) is 1.65. The van der Waals surface area contributed by atoms with Gasteiger partial charge in [-0.05, 0) is 38.6 Å². The fourth-order valence-corrected chi connectivity index (χ4v) is 0.807. The lowest BCUT2D eigenvalue weighted by Crippen LogP contribution is -2.15. The number of hydrogen-bond donors (Lipinski definition) is 0. The van der Waals surface area contributed by atoms with Crippen molar-refractivity contribution in [2.24, 2.45) is 0 Å². The molecule has 0 unspecified atom stereocenters. The van der Waals surface area contributed by atoms with Gasteiger partial charge in [-0.1, -0.05) is 0 Å². The topological polar surface area (TPSA) is 27.0 Å². The predicted molar refractivity (Wildman–Crippen MR) is 51.4 cm³/mol. The van der Waals surface area contributed by atoms with Gasteiger partial charge in [0.25, 0.3) is 0 Å². The van der Waals surface area contributed by atoms with Crippen molar-refractivity contribution in [1.82, 2.24) is 4.90 Å². The van der Waals surface area contributed by atoms with Crippen LogP contribution in [-0.2, 0) is 0 Å². The highest BCUT2D eigenvalue weighted by Gasteiger charge is 1.88. The normalized spacial score (nSPS) is 11.7.